The molecule has 0 N–H and O–H groups in total. The van der Waals surface area contributed by atoms with E-state index in [0.29, 0.717) is 11.3 Å². The Morgan fingerprint density at radius 1 is 1.12 bits per heavy atom. The first-order chi connectivity index (χ1) is 7.79. The molecule has 1 heterocycles. The Bertz CT molecular complexity index is 473. The molecule has 0 fully saturated rings. The summed E-state index contributed by atoms with van der Waals surface area (Å²) in [6.07, 6.45) is 3.10. The van der Waals surface area contributed by atoms with Crippen LogP contribution in [-0.4, -0.2) is 10.9 Å². The Hall–Kier alpha value is -1.87. The highest BCUT2D eigenvalue weighted by Crippen LogP contribution is 2.18. The minimum absolute atomic E-state index is 0.291. The lowest BCUT2D eigenvalue weighted by atomic mass is 10.2. The third kappa shape index (κ3) is 2.20. The summed E-state index contributed by atoms with van der Waals surface area (Å²) >= 11 is 5.95. The zero-order chi connectivity index (χ0) is 11.4. The average molecular weight is 233 g/mol. The van der Waals surface area contributed by atoms with Crippen molar-refractivity contribution in [2.45, 2.75) is 0 Å². The smallest absolute Gasteiger partial charge is 0.267 e. The number of halogens is 1. The first-order valence-corrected chi connectivity index (χ1v) is 5.08. The van der Waals surface area contributed by atoms with Crippen LogP contribution in [0.5, 0.6) is 0 Å². The van der Waals surface area contributed by atoms with Gasteiger partial charge in [0.2, 0.25) is 0 Å². The highest BCUT2D eigenvalue weighted by atomic mass is 35.5. The van der Waals surface area contributed by atoms with E-state index >= 15 is 0 Å². The van der Waals surface area contributed by atoms with Crippen molar-refractivity contribution in [3.8, 4) is 0 Å². The first-order valence-electron chi connectivity index (χ1n) is 4.74. The van der Waals surface area contributed by atoms with Crippen LogP contribution in [0.4, 0.5) is 5.69 Å². The molecule has 0 atom stereocenters. The molecule has 0 saturated carbocycles. The number of rotatable bonds is 2. The highest BCUT2D eigenvalue weighted by Gasteiger charge is 2.14. The Morgan fingerprint density at radius 2 is 1.88 bits per heavy atom. The molecule has 0 aliphatic rings. The fourth-order valence-corrected chi connectivity index (χ4v) is 1.49. The largest absolute Gasteiger partial charge is 0.274 e. The third-order valence-electron chi connectivity index (χ3n) is 2.07. The summed E-state index contributed by atoms with van der Waals surface area (Å²) in [6.45, 7) is 0. The van der Waals surface area contributed by atoms with Gasteiger partial charge in [-0.15, -0.1) is 0 Å². The maximum Gasteiger partial charge on any atom is 0.274 e. The standard InChI is InChI=1S/C12H9ClN2O/c13-15(11-6-2-1-3-7-11)12(16)10-5-4-8-14-9-10/h1-9H. The molecule has 1 aromatic heterocycles. The van der Waals surface area contributed by atoms with Crippen LogP contribution in [0, 0.1) is 0 Å². The van der Waals surface area contributed by atoms with Gasteiger partial charge in [-0.25, -0.2) is 4.42 Å². The molecule has 0 bridgehead atoms. The molecule has 1 aromatic carbocycles. The molecule has 2 rings (SSSR count). The van der Waals surface area contributed by atoms with Crippen molar-refractivity contribution in [2.75, 3.05) is 4.42 Å². The van der Waals surface area contributed by atoms with Crippen LogP contribution >= 0.6 is 11.8 Å². The van der Waals surface area contributed by atoms with Gasteiger partial charge in [-0.2, -0.15) is 0 Å². The molecule has 0 aliphatic heterocycles. The van der Waals surface area contributed by atoms with Crippen molar-refractivity contribution >= 4 is 23.4 Å². The number of aromatic nitrogens is 1. The van der Waals surface area contributed by atoms with Gasteiger partial charge >= 0.3 is 0 Å². The number of carbonyl (C=O) groups excluding carboxylic acids is 1. The number of nitrogens with zero attached hydrogens (tertiary/aromatic N) is 2. The van der Waals surface area contributed by atoms with Crippen molar-refractivity contribution in [2.24, 2.45) is 0 Å². The van der Waals surface area contributed by atoms with Crippen molar-refractivity contribution in [1.29, 1.82) is 0 Å². The monoisotopic (exact) mass is 232 g/mol. The van der Waals surface area contributed by atoms with E-state index in [1.165, 1.54) is 6.20 Å². The SMILES string of the molecule is O=C(c1cccnc1)N(Cl)c1ccccc1. The van der Waals surface area contributed by atoms with E-state index in [9.17, 15) is 4.79 Å². The lowest BCUT2D eigenvalue weighted by Gasteiger charge is -2.13. The third-order valence-corrected chi connectivity index (χ3v) is 2.42. The molecule has 3 nitrogen and oxygen atoms in total. The fourth-order valence-electron chi connectivity index (χ4n) is 1.28. The lowest BCUT2D eigenvalue weighted by molar-refractivity contribution is 0.101. The van der Waals surface area contributed by atoms with Gasteiger partial charge in [0, 0.05) is 24.2 Å². The molecule has 0 spiro atoms. The van der Waals surface area contributed by atoms with E-state index < -0.39 is 0 Å². The lowest BCUT2D eigenvalue weighted by Crippen LogP contribution is -2.20. The molecular formula is C12H9ClN2O. The maximum atomic E-state index is 11.9. The second-order valence-corrected chi connectivity index (χ2v) is 3.50. The second kappa shape index (κ2) is 4.77. The summed E-state index contributed by atoms with van der Waals surface area (Å²) in [7, 11) is 0. The molecule has 4 heteroatoms. The summed E-state index contributed by atoms with van der Waals surface area (Å²) in [6, 6.07) is 12.4. The zero-order valence-electron chi connectivity index (χ0n) is 8.38. The first kappa shape index (κ1) is 10.6. The number of hydrogen-bond acceptors (Lipinski definition) is 2. The highest BCUT2D eigenvalue weighted by molar-refractivity contribution is 6.39. The molecule has 0 radical (unpaired) electrons. The fraction of sp³-hybridized carbons (Fsp3) is 0. The van der Waals surface area contributed by atoms with Crippen molar-refractivity contribution < 1.29 is 4.79 Å². The van der Waals surface area contributed by atoms with Crippen LogP contribution in [0.3, 0.4) is 0 Å². The number of hydrogen-bond donors (Lipinski definition) is 0. The van der Waals surface area contributed by atoms with Gasteiger partial charge in [0.15, 0.2) is 0 Å². The number of pyridine rings is 1. The van der Waals surface area contributed by atoms with Gasteiger partial charge in [-0.1, -0.05) is 18.2 Å². The van der Waals surface area contributed by atoms with Gasteiger partial charge in [0.05, 0.1) is 11.3 Å². The molecule has 16 heavy (non-hydrogen) atoms. The van der Waals surface area contributed by atoms with Gasteiger partial charge < -0.3 is 0 Å². The van der Waals surface area contributed by atoms with E-state index in [1.54, 1.807) is 30.5 Å². The van der Waals surface area contributed by atoms with Crippen LogP contribution in [0.2, 0.25) is 0 Å². The molecule has 0 saturated heterocycles. The molecular weight excluding hydrogens is 224 g/mol. The summed E-state index contributed by atoms with van der Waals surface area (Å²) in [5.74, 6) is -0.291. The predicted octanol–water partition coefficient (Wildman–Crippen LogP) is 2.88. The maximum absolute atomic E-state index is 11.9. The topological polar surface area (TPSA) is 33.2 Å². The van der Waals surface area contributed by atoms with Crippen LogP contribution in [-0.2, 0) is 0 Å². The van der Waals surface area contributed by atoms with Gasteiger partial charge in [-0.3, -0.25) is 9.78 Å². The Kier molecular flexibility index (Phi) is 3.17. The van der Waals surface area contributed by atoms with Crippen LogP contribution in [0.15, 0.2) is 54.9 Å². The van der Waals surface area contributed by atoms with Crippen molar-refractivity contribution in [3.05, 3.63) is 60.4 Å². The second-order valence-electron chi connectivity index (χ2n) is 3.16. The van der Waals surface area contributed by atoms with E-state index in [1.807, 2.05) is 18.2 Å². The van der Waals surface area contributed by atoms with Gasteiger partial charge in [-0.05, 0) is 24.3 Å². The molecule has 0 aliphatic carbocycles. The van der Waals surface area contributed by atoms with Crippen molar-refractivity contribution in [1.82, 2.24) is 4.98 Å². The van der Waals surface area contributed by atoms with Crippen molar-refractivity contribution in [3.63, 3.8) is 0 Å². The molecule has 2 aromatic rings. The summed E-state index contributed by atoms with van der Waals surface area (Å²) in [5, 5.41) is 0. The summed E-state index contributed by atoms with van der Waals surface area (Å²) in [4.78, 5) is 15.8. The Morgan fingerprint density at radius 3 is 2.50 bits per heavy atom. The van der Waals surface area contributed by atoms with Crippen LogP contribution in [0.25, 0.3) is 0 Å². The quantitative estimate of drug-likeness (QED) is 0.746. The average Bonchev–Trinajstić information content (AvgIpc) is 2.39. The number of anilines is 1. The van der Waals surface area contributed by atoms with E-state index in [4.69, 9.17) is 11.8 Å². The zero-order valence-corrected chi connectivity index (χ0v) is 9.13. The Labute approximate surface area is 98.4 Å². The number of benzene rings is 1. The van der Waals surface area contributed by atoms with E-state index in [2.05, 4.69) is 4.98 Å². The summed E-state index contributed by atoms with van der Waals surface area (Å²) < 4.78 is 1.08. The minimum Gasteiger partial charge on any atom is -0.267 e. The number of para-hydroxylation sites is 1. The predicted molar refractivity (Wildman–Crippen MR) is 63.3 cm³/mol. The van der Waals surface area contributed by atoms with Gasteiger partial charge in [0.1, 0.15) is 0 Å². The normalized spacial score (nSPS) is 9.81. The van der Waals surface area contributed by atoms with Crippen LogP contribution < -0.4 is 4.42 Å². The number of carbonyl (C=O) groups is 1. The van der Waals surface area contributed by atoms with E-state index in [0.717, 1.165) is 4.42 Å². The molecule has 80 valence electrons. The number of amides is 1. The van der Waals surface area contributed by atoms with Gasteiger partial charge in [0.25, 0.3) is 5.91 Å². The molecule has 0 unspecified atom stereocenters. The summed E-state index contributed by atoms with van der Waals surface area (Å²) in [5.41, 5.74) is 1.10. The molecule has 1 amide bonds. The van der Waals surface area contributed by atoms with Crippen LogP contribution in [0.1, 0.15) is 10.4 Å². The Balaban J connectivity index is 2.24. The minimum atomic E-state index is -0.291. The van der Waals surface area contributed by atoms with E-state index in [-0.39, 0.29) is 5.91 Å².